The number of pyridine rings is 1. The Morgan fingerprint density at radius 1 is 0.368 bits per heavy atom. The number of aryl methyl sites for hydroxylation is 3. The third kappa shape index (κ3) is 22.0. The molecular weight excluding hydrogens is 458 g/mol. The lowest BCUT2D eigenvalue weighted by Crippen LogP contribution is -2.34. The molecule has 0 spiro atoms. The van der Waals surface area contributed by atoms with Crippen molar-refractivity contribution in [2.75, 3.05) is 0 Å². The van der Waals surface area contributed by atoms with Gasteiger partial charge in [-0.05, 0) is 38.2 Å². The summed E-state index contributed by atoms with van der Waals surface area (Å²) in [6.45, 7) is 8.14. The molecule has 0 saturated carbocycles. The van der Waals surface area contributed by atoms with Gasteiger partial charge in [0.05, 0.1) is 0 Å². The molecule has 1 aromatic rings. The summed E-state index contributed by atoms with van der Waals surface area (Å²) < 4.78 is 2.56. The minimum atomic E-state index is 1.21. The summed E-state index contributed by atoms with van der Waals surface area (Å²) in [7, 11) is 0. The Balaban J connectivity index is 2.38. The molecule has 1 heteroatoms. The Hall–Kier alpha value is -0.850. The Bertz CT molecular complexity index is 566. The molecule has 1 nitrogen and oxygen atoms in total. The monoisotopic (exact) mass is 529 g/mol. The Morgan fingerprint density at radius 3 is 1.00 bits per heavy atom. The van der Waals surface area contributed by atoms with E-state index in [1.165, 1.54) is 186 Å². The molecule has 0 aliphatic heterocycles. The van der Waals surface area contributed by atoms with Crippen molar-refractivity contribution < 1.29 is 4.57 Å². The summed E-state index contributed by atoms with van der Waals surface area (Å²) in [5.74, 6) is 0. The molecule has 1 heterocycles. The Labute approximate surface area is 241 Å². The minimum absolute atomic E-state index is 1.21. The van der Waals surface area contributed by atoms with Crippen LogP contribution in [0.1, 0.15) is 199 Å². The lowest BCUT2D eigenvalue weighted by atomic mass is 10.0. The normalized spacial score (nSPS) is 11.4. The highest BCUT2D eigenvalue weighted by molar-refractivity contribution is 5.15. The average molecular weight is 529 g/mol. The fourth-order valence-corrected chi connectivity index (χ4v) is 5.89. The standard InChI is InChI=1S/C37H70N/c1-4-7-10-13-16-19-21-24-27-30-36-33-37(31-28-25-22-20-17-14-11-8-5-2)35-38(34-36)32-29-26-23-18-15-12-9-6-3/h33-35H,4-32H2,1-3H3/q+1. The molecule has 0 fully saturated rings. The van der Waals surface area contributed by atoms with E-state index < -0.39 is 0 Å². The van der Waals surface area contributed by atoms with Crippen LogP contribution in [-0.2, 0) is 19.4 Å². The molecule has 38 heavy (non-hydrogen) atoms. The van der Waals surface area contributed by atoms with Gasteiger partial charge in [-0.1, -0.05) is 162 Å². The first kappa shape index (κ1) is 35.2. The number of hydrogen-bond donors (Lipinski definition) is 0. The molecule has 1 aromatic heterocycles. The van der Waals surface area contributed by atoms with Crippen molar-refractivity contribution in [3.05, 3.63) is 29.6 Å². The van der Waals surface area contributed by atoms with Gasteiger partial charge in [0, 0.05) is 17.5 Å². The number of aromatic nitrogens is 1. The molecule has 0 aromatic carbocycles. The van der Waals surface area contributed by atoms with Crippen molar-refractivity contribution in [2.45, 2.75) is 207 Å². The van der Waals surface area contributed by atoms with Crippen LogP contribution in [0.3, 0.4) is 0 Å². The van der Waals surface area contributed by atoms with E-state index in [0.29, 0.717) is 0 Å². The molecule has 0 amide bonds. The molecule has 0 aliphatic rings. The van der Waals surface area contributed by atoms with Crippen LogP contribution in [0.4, 0.5) is 0 Å². The van der Waals surface area contributed by atoms with Crippen molar-refractivity contribution in [1.82, 2.24) is 0 Å². The van der Waals surface area contributed by atoms with E-state index in [4.69, 9.17) is 0 Å². The zero-order valence-electron chi connectivity index (χ0n) is 26.7. The molecule has 1 rings (SSSR count). The van der Waals surface area contributed by atoms with Gasteiger partial charge in [-0.3, -0.25) is 0 Å². The van der Waals surface area contributed by atoms with Gasteiger partial charge < -0.3 is 0 Å². The van der Waals surface area contributed by atoms with E-state index >= 15 is 0 Å². The predicted octanol–water partition coefficient (Wildman–Crippen LogP) is 12.3. The van der Waals surface area contributed by atoms with Crippen LogP contribution in [0.25, 0.3) is 0 Å². The second kappa shape index (κ2) is 27.7. The fourth-order valence-electron chi connectivity index (χ4n) is 5.89. The predicted molar refractivity (Wildman–Crippen MR) is 171 cm³/mol. The van der Waals surface area contributed by atoms with Gasteiger partial charge in [0.1, 0.15) is 6.54 Å². The Kier molecular flexibility index (Phi) is 25.6. The highest BCUT2D eigenvalue weighted by atomic mass is 14.9. The van der Waals surface area contributed by atoms with Crippen molar-refractivity contribution in [1.29, 1.82) is 0 Å². The molecule has 0 aliphatic carbocycles. The average Bonchev–Trinajstić information content (AvgIpc) is 2.92. The fraction of sp³-hybridized carbons (Fsp3) is 0.865. The smallest absolute Gasteiger partial charge is 0.171 e. The van der Waals surface area contributed by atoms with Crippen LogP contribution in [0, 0.1) is 0 Å². The largest absolute Gasteiger partial charge is 0.205 e. The number of nitrogens with zero attached hydrogens (tertiary/aromatic N) is 1. The van der Waals surface area contributed by atoms with E-state index in [1.54, 1.807) is 11.1 Å². The van der Waals surface area contributed by atoms with E-state index in [0.717, 1.165) is 0 Å². The first-order chi connectivity index (χ1) is 18.8. The molecule has 0 bridgehead atoms. The molecule has 0 atom stereocenters. The van der Waals surface area contributed by atoms with Crippen molar-refractivity contribution in [3.63, 3.8) is 0 Å². The van der Waals surface area contributed by atoms with Gasteiger partial charge in [-0.2, -0.15) is 0 Å². The van der Waals surface area contributed by atoms with E-state index in [2.05, 4.69) is 43.8 Å². The molecule has 0 radical (unpaired) electrons. The van der Waals surface area contributed by atoms with E-state index in [9.17, 15) is 0 Å². The van der Waals surface area contributed by atoms with Crippen LogP contribution in [-0.4, -0.2) is 0 Å². The SMILES string of the molecule is CCCCCCCCCCCc1cc(CCCCCCCCCCC)c[n+](CCCCCCCCCC)c1. The van der Waals surface area contributed by atoms with Gasteiger partial charge >= 0.3 is 0 Å². The highest BCUT2D eigenvalue weighted by Gasteiger charge is 2.09. The Morgan fingerprint density at radius 2 is 0.658 bits per heavy atom. The molecular formula is C37H70N+. The van der Waals surface area contributed by atoms with Gasteiger partial charge in [-0.25, -0.2) is 4.57 Å². The molecule has 222 valence electrons. The zero-order valence-corrected chi connectivity index (χ0v) is 26.7. The van der Waals surface area contributed by atoms with Crippen LogP contribution in [0.2, 0.25) is 0 Å². The summed E-state index contributed by atoms with van der Waals surface area (Å²) in [6, 6.07) is 2.56. The highest BCUT2D eigenvalue weighted by Crippen LogP contribution is 2.15. The van der Waals surface area contributed by atoms with Crippen LogP contribution in [0.5, 0.6) is 0 Å². The van der Waals surface area contributed by atoms with E-state index in [1.807, 2.05) is 0 Å². The second-order valence-electron chi connectivity index (χ2n) is 12.4. The third-order valence-corrected chi connectivity index (χ3v) is 8.44. The van der Waals surface area contributed by atoms with Crippen molar-refractivity contribution in [3.8, 4) is 0 Å². The first-order valence-electron chi connectivity index (χ1n) is 17.8. The zero-order chi connectivity index (χ0) is 27.4. The maximum atomic E-state index is 2.56. The van der Waals surface area contributed by atoms with Crippen LogP contribution < -0.4 is 4.57 Å². The van der Waals surface area contributed by atoms with Gasteiger partial charge in [0.25, 0.3) is 0 Å². The minimum Gasteiger partial charge on any atom is -0.205 e. The number of hydrogen-bond acceptors (Lipinski definition) is 0. The second-order valence-corrected chi connectivity index (χ2v) is 12.4. The summed E-state index contributed by atoms with van der Waals surface area (Å²) >= 11 is 0. The lowest BCUT2D eigenvalue weighted by Gasteiger charge is -2.07. The number of rotatable bonds is 29. The van der Waals surface area contributed by atoms with Gasteiger partial charge in [0.2, 0.25) is 0 Å². The van der Waals surface area contributed by atoms with Gasteiger partial charge in [-0.15, -0.1) is 0 Å². The third-order valence-electron chi connectivity index (χ3n) is 8.44. The molecule has 0 saturated heterocycles. The summed E-state index contributed by atoms with van der Waals surface area (Å²) in [4.78, 5) is 0. The summed E-state index contributed by atoms with van der Waals surface area (Å²) in [6.07, 6.45) is 44.4. The number of unbranched alkanes of at least 4 members (excludes halogenated alkanes) is 23. The topological polar surface area (TPSA) is 3.88 Å². The quantitative estimate of drug-likeness (QED) is 0.0719. The van der Waals surface area contributed by atoms with Crippen LogP contribution >= 0.6 is 0 Å². The van der Waals surface area contributed by atoms with Crippen LogP contribution in [0.15, 0.2) is 18.5 Å². The van der Waals surface area contributed by atoms with Crippen molar-refractivity contribution in [2.24, 2.45) is 0 Å². The maximum absolute atomic E-state index is 2.56. The molecule has 0 unspecified atom stereocenters. The van der Waals surface area contributed by atoms with Crippen molar-refractivity contribution >= 4 is 0 Å². The summed E-state index contributed by atoms with van der Waals surface area (Å²) in [5.41, 5.74) is 3.20. The first-order valence-corrected chi connectivity index (χ1v) is 17.8. The maximum Gasteiger partial charge on any atom is 0.171 e. The lowest BCUT2D eigenvalue weighted by molar-refractivity contribution is -0.698. The molecule has 0 N–H and O–H groups in total. The van der Waals surface area contributed by atoms with Gasteiger partial charge in [0.15, 0.2) is 12.4 Å². The van der Waals surface area contributed by atoms with E-state index in [-0.39, 0.29) is 0 Å². The summed E-state index contributed by atoms with van der Waals surface area (Å²) in [5, 5.41) is 0.